The molecular formula is C16H13BrO3. The zero-order chi connectivity index (χ0) is 14.5. The summed E-state index contributed by atoms with van der Waals surface area (Å²) in [7, 11) is 1.53. The molecule has 0 fully saturated rings. The number of aromatic hydroxyl groups is 1. The average molecular weight is 333 g/mol. The van der Waals surface area contributed by atoms with Crippen molar-refractivity contribution in [3.05, 3.63) is 64.1 Å². The SMILES string of the molecule is COc1ccc(Br)cc1C(=O)/C=C/c1ccc(O)cc1. The summed E-state index contributed by atoms with van der Waals surface area (Å²) in [6, 6.07) is 11.9. The van der Waals surface area contributed by atoms with Crippen molar-refractivity contribution in [1.82, 2.24) is 0 Å². The largest absolute Gasteiger partial charge is 0.508 e. The number of methoxy groups -OCH3 is 1. The Morgan fingerprint density at radius 3 is 2.55 bits per heavy atom. The fourth-order valence-corrected chi connectivity index (χ4v) is 2.08. The zero-order valence-corrected chi connectivity index (χ0v) is 12.4. The molecule has 3 nitrogen and oxygen atoms in total. The Morgan fingerprint density at radius 1 is 1.20 bits per heavy atom. The Bertz CT molecular complexity index is 645. The molecule has 102 valence electrons. The standard InChI is InChI=1S/C16H13BrO3/c1-20-16-9-5-12(17)10-14(16)15(19)8-4-11-2-6-13(18)7-3-11/h2-10,18H,1H3/b8-4+. The number of phenolic OH excluding ortho intramolecular Hbond substituents is 1. The van der Waals surface area contributed by atoms with E-state index in [1.807, 2.05) is 6.07 Å². The van der Waals surface area contributed by atoms with Gasteiger partial charge in [-0.15, -0.1) is 0 Å². The molecule has 0 aromatic heterocycles. The number of hydrogen-bond donors (Lipinski definition) is 1. The molecule has 0 aliphatic carbocycles. The Hall–Kier alpha value is -2.07. The molecule has 20 heavy (non-hydrogen) atoms. The minimum Gasteiger partial charge on any atom is -0.508 e. The predicted molar refractivity (Wildman–Crippen MR) is 82.2 cm³/mol. The minimum absolute atomic E-state index is 0.142. The van der Waals surface area contributed by atoms with Gasteiger partial charge in [0.1, 0.15) is 11.5 Å². The quantitative estimate of drug-likeness (QED) is 0.678. The van der Waals surface area contributed by atoms with E-state index in [0.29, 0.717) is 11.3 Å². The summed E-state index contributed by atoms with van der Waals surface area (Å²) in [6.07, 6.45) is 3.18. The van der Waals surface area contributed by atoms with Crippen LogP contribution in [0.2, 0.25) is 0 Å². The second-order valence-corrected chi connectivity index (χ2v) is 5.05. The van der Waals surface area contributed by atoms with Gasteiger partial charge < -0.3 is 9.84 Å². The molecule has 1 N–H and O–H groups in total. The third-order valence-corrected chi connectivity index (χ3v) is 3.24. The Labute approximate surface area is 125 Å². The second kappa shape index (κ2) is 6.39. The number of halogens is 1. The van der Waals surface area contributed by atoms with Gasteiger partial charge in [0.05, 0.1) is 12.7 Å². The van der Waals surface area contributed by atoms with Gasteiger partial charge in [-0.3, -0.25) is 4.79 Å². The van der Waals surface area contributed by atoms with Crippen LogP contribution < -0.4 is 4.74 Å². The van der Waals surface area contributed by atoms with Gasteiger partial charge in [0.25, 0.3) is 0 Å². The van der Waals surface area contributed by atoms with Crippen molar-refractivity contribution < 1.29 is 14.6 Å². The van der Waals surface area contributed by atoms with Crippen LogP contribution in [0.3, 0.4) is 0 Å². The Morgan fingerprint density at radius 2 is 1.90 bits per heavy atom. The van der Waals surface area contributed by atoms with Crippen LogP contribution >= 0.6 is 15.9 Å². The van der Waals surface area contributed by atoms with Crippen LogP contribution in [0, 0.1) is 0 Å². The first kappa shape index (κ1) is 14.3. The van der Waals surface area contributed by atoms with Gasteiger partial charge in [0, 0.05) is 4.47 Å². The van der Waals surface area contributed by atoms with Crippen LogP contribution in [0.1, 0.15) is 15.9 Å². The molecular weight excluding hydrogens is 320 g/mol. The maximum absolute atomic E-state index is 12.2. The van der Waals surface area contributed by atoms with E-state index in [1.54, 1.807) is 42.5 Å². The van der Waals surface area contributed by atoms with Crippen molar-refractivity contribution >= 4 is 27.8 Å². The van der Waals surface area contributed by atoms with Gasteiger partial charge in [-0.1, -0.05) is 34.1 Å². The number of benzene rings is 2. The lowest BCUT2D eigenvalue weighted by atomic mass is 10.1. The van der Waals surface area contributed by atoms with Crippen LogP contribution in [0.25, 0.3) is 6.08 Å². The molecule has 2 aromatic rings. The summed E-state index contributed by atoms with van der Waals surface area (Å²) in [5.74, 6) is 0.590. The number of carbonyl (C=O) groups excluding carboxylic acids is 1. The molecule has 2 aromatic carbocycles. The molecule has 0 aliphatic rings. The number of ketones is 1. The number of carbonyl (C=O) groups is 1. The normalized spacial score (nSPS) is 10.7. The number of rotatable bonds is 4. The molecule has 0 amide bonds. The maximum atomic E-state index is 12.2. The van der Waals surface area contributed by atoms with E-state index in [4.69, 9.17) is 4.74 Å². The first-order valence-electron chi connectivity index (χ1n) is 5.95. The van der Waals surface area contributed by atoms with Crippen molar-refractivity contribution in [2.24, 2.45) is 0 Å². The van der Waals surface area contributed by atoms with Crippen molar-refractivity contribution in [2.45, 2.75) is 0 Å². The highest BCUT2D eigenvalue weighted by Gasteiger charge is 2.09. The predicted octanol–water partition coefficient (Wildman–Crippen LogP) is 4.06. The van der Waals surface area contributed by atoms with E-state index >= 15 is 0 Å². The lowest BCUT2D eigenvalue weighted by Gasteiger charge is -2.05. The lowest BCUT2D eigenvalue weighted by Crippen LogP contribution is -1.98. The van der Waals surface area contributed by atoms with Gasteiger partial charge in [0.15, 0.2) is 5.78 Å². The molecule has 0 atom stereocenters. The highest BCUT2D eigenvalue weighted by atomic mass is 79.9. The second-order valence-electron chi connectivity index (χ2n) is 4.13. The number of allylic oxidation sites excluding steroid dienone is 1. The van der Waals surface area contributed by atoms with E-state index in [2.05, 4.69) is 15.9 Å². The van der Waals surface area contributed by atoms with Crippen LogP contribution in [-0.2, 0) is 0 Å². The Kier molecular flexibility index (Phi) is 4.58. The first-order valence-corrected chi connectivity index (χ1v) is 6.74. The number of hydrogen-bond acceptors (Lipinski definition) is 3. The summed E-state index contributed by atoms with van der Waals surface area (Å²) in [6.45, 7) is 0. The summed E-state index contributed by atoms with van der Waals surface area (Å²) in [5, 5.41) is 9.20. The van der Waals surface area contributed by atoms with Gasteiger partial charge in [-0.2, -0.15) is 0 Å². The van der Waals surface area contributed by atoms with E-state index in [-0.39, 0.29) is 11.5 Å². The van der Waals surface area contributed by atoms with Gasteiger partial charge >= 0.3 is 0 Å². The topological polar surface area (TPSA) is 46.5 Å². The molecule has 0 bridgehead atoms. The molecule has 0 spiro atoms. The summed E-state index contributed by atoms with van der Waals surface area (Å²) >= 11 is 3.34. The number of ether oxygens (including phenoxy) is 1. The molecule has 0 radical (unpaired) electrons. The van der Waals surface area contributed by atoms with Crippen molar-refractivity contribution in [3.63, 3.8) is 0 Å². The van der Waals surface area contributed by atoms with Crippen molar-refractivity contribution in [1.29, 1.82) is 0 Å². The highest BCUT2D eigenvalue weighted by Crippen LogP contribution is 2.24. The molecule has 4 heteroatoms. The van der Waals surface area contributed by atoms with Gasteiger partial charge in [-0.05, 0) is 42.0 Å². The monoisotopic (exact) mass is 332 g/mol. The van der Waals surface area contributed by atoms with Crippen LogP contribution in [-0.4, -0.2) is 18.0 Å². The molecule has 0 unspecified atom stereocenters. The average Bonchev–Trinajstić information content (AvgIpc) is 2.46. The Balaban J connectivity index is 2.23. The lowest BCUT2D eigenvalue weighted by molar-refractivity contribution is 0.104. The molecule has 0 aliphatic heterocycles. The molecule has 0 saturated carbocycles. The maximum Gasteiger partial charge on any atom is 0.189 e. The third-order valence-electron chi connectivity index (χ3n) is 2.75. The van der Waals surface area contributed by atoms with E-state index in [9.17, 15) is 9.90 Å². The summed E-state index contributed by atoms with van der Waals surface area (Å²) in [4.78, 5) is 12.2. The van der Waals surface area contributed by atoms with Crippen molar-refractivity contribution in [2.75, 3.05) is 7.11 Å². The fraction of sp³-hybridized carbons (Fsp3) is 0.0625. The van der Waals surface area contributed by atoms with Crippen molar-refractivity contribution in [3.8, 4) is 11.5 Å². The van der Waals surface area contributed by atoms with E-state index in [0.717, 1.165) is 10.0 Å². The minimum atomic E-state index is -0.142. The summed E-state index contributed by atoms with van der Waals surface area (Å²) < 4.78 is 6.00. The van der Waals surface area contributed by atoms with Crippen LogP contribution in [0.15, 0.2) is 53.0 Å². The molecule has 0 heterocycles. The van der Waals surface area contributed by atoms with Gasteiger partial charge in [0.2, 0.25) is 0 Å². The number of phenols is 1. The van der Waals surface area contributed by atoms with E-state index < -0.39 is 0 Å². The first-order chi connectivity index (χ1) is 9.60. The smallest absolute Gasteiger partial charge is 0.189 e. The fourth-order valence-electron chi connectivity index (χ4n) is 1.72. The summed E-state index contributed by atoms with van der Waals surface area (Å²) in [5.41, 5.74) is 1.34. The third kappa shape index (κ3) is 3.48. The highest BCUT2D eigenvalue weighted by molar-refractivity contribution is 9.10. The van der Waals surface area contributed by atoms with Crippen LogP contribution in [0.4, 0.5) is 0 Å². The van der Waals surface area contributed by atoms with Crippen LogP contribution in [0.5, 0.6) is 11.5 Å². The van der Waals surface area contributed by atoms with Gasteiger partial charge in [-0.25, -0.2) is 0 Å². The molecule has 0 saturated heterocycles. The van der Waals surface area contributed by atoms with E-state index in [1.165, 1.54) is 13.2 Å². The molecule has 2 rings (SSSR count). The zero-order valence-electron chi connectivity index (χ0n) is 10.8.